The predicted octanol–water partition coefficient (Wildman–Crippen LogP) is 3.95. The first kappa shape index (κ1) is 19.5. The number of ether oxygens (including phenoxy) is 1. The molecule has 0 fully saturated rings. The Labute approximate surface area is 174 Å². The molecule has 2 aromatic heterocycles. The topological polar surface area (TPSA) is 51.5 Å². The van der Waals surface area contributed by atoms with Gasteiger partial charge in [-0.15, -0.1) is 11.3 Å². The maximum absolute atomic E-state index is 13.5. The molecule has 150 valence electrons. The molecule has 0 saturated carbocycles. The van der Waals surface area contributed by atoms with Crippen LogP contribution in [0.2, 0.25) is 0 Å². The minimum absolute atomic E-state index is 0.125. The van der Waals surface area contributed by atoms with Crippen molar-refractivity contribution in [2.24, 2.45) is 0 Å². The number of hydrogen-bond acceptors (Lipinski definition) is 4. The first-order valence-electron chi connectivity index (χ1n) is 9.64. The maximum atomic E-state index is 13.5. The zero-order chi connectivity index (χ0) is 20.5. The third-order valence-electron chi connectivity index (χ3n) is 5.68. The highest BCUT2D eigenvalue weighted by atomic mass is 32.1. The van der Waals surface area contributed by atoms with Gasteiger partial charge in [-0.3, -0.25) is 4.79 Å². The Hall–Kier alpha value is -2.86. The van der Waals surface area contributed by atoms with Gasteiger partial charge in [-0.25, -0.2) is 4.79 Å². The van der Waals surface area contributed by atoms with Crippen LogP contribution in [0, 0.1) is 13.8 Å². The van der Waals surface area contributed by atoms with Crippen molar-refractivity contribution in [1.82, 2.24) is 9.47 Å². The van der Waals surface area contributed by atoms with Gasteiger partial charge in [0.1, 0.15) is 6.04 Å². The Bertz CT molecular complexity index is 1050. The number of thiophene rings is 1. The van der Waals surface area contributed by atoms with Gasteiger partial charge in [0.05, 0.1) is 19.2 Å². The molecule has 0 saturated heterocycles. The van der Waals surface area contributed by atoms with E-state index < -0.39 is 6.04 Å². The lowest BCUT2D eigenvalue weighted by Crippen LogP contribution is -2.49. The number of fused-ring (bicyclic) bond motifs is 1. The molecule has 1 aliphatic heterocycles. The van der Waals surface area contributed by atoms with Gasteiger partial charge < -0.3 is 14.2 Å². The van der Waals surface area contributed by atoms with Crippen LogP contribution in [0.4, 0.5) is 0 Å². The summed E-state index contributed by atoms with van der Waals surface area (Å²) in [5, 5.41) is 2.06. The zero-order valence-electron chi connectivity index (χ0n) is 16.8. The highest BCUT2D eigenvalue weighted by Crippen LogP contribution is 2.28. The summed E-state index contributed by atoms with van der Waals surface area (Å²) in [5.41, 5.74) is 4.77. The monoisotopic (exact) mass is 408 g/mol. The Kier molecular flexibility index (Phi) is 5.28. The van der Waals surface area contributed by atoms with Gasteiger partial charge in [-0.05, 0) is 42.5 Å². The van der Waals surface area contributed by atoms with Crippen LogP contribution in [0.25, 0.3) is 0 Å². The average molecular weight is 409 g/mol. The van der Waals surface area contributed by atoms with Crippen LogP contribution >= 0.6 is 11.3 Å². The van der Waals surface area contributed by atoms with Crippen molar-refractivity contribution in [2.45, 2.75) is 39.4 Å². The van der Waals surface area contributed by atoms with E-state index >= 15 is 0 Å². The number of hydrogen-bond donors (Lipinski definition) is 0. The van der Waals surface area contributed by atoms with Gasteiger partial charge in [0.25, 0.3) is 5.91 Å². The molecule has 29 heavy (non-hydrogen) atoms. The number of carbonyl (C=O) groups is 2. The first-order chi connectivity index (χ1) is 14.0. The summed E-state index contributed by atoms with van der Waals surface area (Å²) in [5.74, 6) is -0.499. The molecule has 0 radical (unpaired) electrons. The van der Waals surface area contributed by atoms with Crippen LogP contribution in [0.3, 0.4) is 0 Å². The predicted molar refractivity (Wildman–Crippen MR) is 113 cm³/mol. The molecule has 5 nitrogen and oxygen atoms in total. The smallest absolute Gasteiger partial charge is 0.328 e. The molecule has 3 aromatic rings. The van der Waals surface area contributed by atoms with E-state index in [0.717, 1.165) is 29.1 Å². The van der Waals surface area contributed by atoms with Crippen molar-refractivity contribution < 1.29 is 14.3 Å². The largest absolute Gasteiger partial charge is 0.467 e. The van der Waals surface area contributed by atoms with Crippen LogP contribution in [-0.2, 0) is 29.0 Å². The molecule has 0 bridgehead atoms. The highest BCUT2D eigenvalue weighted by molar-refractivity contribution is 7.09. The molecule has 0 aliphatic carbocycles. The van der Waals surface area contributed by atoms with Crippen molar-refractivity contribution in [3.8, 4) is 0 Å². The molecule has 4 rings (SSSR count). The molecule has 1 atom stereocenters. The van der Waals surface area contributed by atoms with Crippen LogP contribution in [0.15, 0.2) is 47.8 Å². The lowest BCUT2D eigenvalue weighted by molar-refractivity contribution is -0.146. The average Bonchev–Trinajstić information content (AvgIpc) is 3.35. The molecule has 1 aliphatic rings. The number of methoxy groups -OCH3 is 1. The van der Waals surface area contributed by atoms with E-state index in [0.29, 0.717) is 18.5 Å². The summed E-state index contributed by atoms with van der Waals surface area (Å²) in [6.45, 7) is 5.13. The fourth-order valence-corrected chi connectivity index (χ4v) is 4.75. The van der Waals surface area contributed by atoms with E-state index in [9.17, 15) is 9.59 Å². The van der Waals surface area contributed by atoms with Gasteiger partial charge in [0, 0.05) is 29.2 Å². The molecular weight excluding hydrogens is 384 g/mol. The van der Waals surface area contributed by atoms with Crippen LogP contribution in [0.1, 0.15) is 37.7 Å². The third kappa shape index (κ3) is 3.60. The Morgan fingerprint density at radius 1 is 1.14 bits per heavy atom. The number of aromatic nitrogens is 1. The standard InChI is InChI=1S/C23H24N2O3S/c1-15-11-20(16(2)24(15)14-19-9-6-10-29-19)22(26)25-13-18-8-5-4-7-17(18)12-21(25)23(27)28-3/h4-11,21H,12-14H2,1-3H3. The molecule has 0 N–H and O–H groups in total. The first-order valence-corrected chi connectivity index (χ1v) is 10.5. The molecule has 1 amide bonds. The van der Waals surface area contributed by atoms with E-state index in [1.54, 1.807) is 16.2 Å². The van der Waals surface area contributed by atoms with Crippen LogP contribution in [0.5, 0.6) is 0 Å². The third-order valence-corrected chi connectivity index (χ3v) is 6.54. The summed E-state index contributed by atoms with van der Waals surface area (Å²) in [7, 11) is 1.37. The Morgan fingerprint density at radius 2 is 1.90 bits per heavy atom. The number of benzene rings is 1. The van der Waals surface area contributed by atoms with Gasteiger partial charge in [-0.1, -0.05) is 30.3 Å². The number of rotatable bonds is 4. The van der Waals surface area contributed by atoms with Crippen molar-refractivity contribution in [1.29, 1.82) is 0 Å². The second-order valence-electron chi connectivity index (χ2n) is 7.40. The SMILES string of the molecule is COC(=O)C1Cc2ccccc2CN1C(=O)c1cc(C)n(Cc2cccs2)c1C. The maximum Gasteiger partial charge on any atom is 0.328 e. The van der Waals surface area contributed by atoms with E-state index in [1.165, 1.54) is 12.0 Å². The second-order valence-corrected chi connectivity index (χ2v) is 8.43. The minimum Gasteiger partial charge on any atom is -0.467 e. The van der Waals surface area contributed by atoms with E-state index in [4.69, 9.17) is 4.74 Å². The zero-order valence-corrected chi connectivity index (χ0v) is 17.7. The summed E-state index contributed by atoms with van der Waals surface area (Å²) >= 11 is 1.70. The van der Waals surface area contributed by atoms with E-state index in [2.05, 4.69) is 16.0 Å². The number of amides is 1. The number of aryl methyl sites for hydroxylation is 1. The Morgan fingerprint density at radius 3 is 2.59 bits per heavy atom. The van der Waals surface area contributed by atoms with Gasteiger partial charge in [-0.2, -0.15) is 0 Å². The summed E-state index contributed by atoms with van der Waals surface area (Å²) in [6, 6.07) is 13.4. The van der Waals surface area contributed by atoms with Gasteiger partial charge in [0.15, 0.2) is 0 Å². The molecule has 6 heteroatoms. The molecular formula is C23H24N2O3S. The van der Waals surface area contributed by atoms with E-state index in [-0.39, 0.29) is 11.9 Å². The summed E-state index contributed by atoms with van der Waals surface area (Å²) in [6.07, 6.45) is 0.475. The number of carbonyl (C=O) groups excluding carboxylic acids is 2. The van der Waals surface area contributed by atoms with Crippen molar-refractivity contribution in [3.63, 3.8) is 0 Å². The Balaban J connectivity index is 1.68. The van der Waals surface area contributed by atoms with Crippen molar-refractivity contribution in [3.05, 3.63) is 80.8 Å². The fraction of sp³-hybridized carbons (Fsp3) is 0.304. The number of esters is 1. The van der Waals surface area contributed by atoms with Crippen LogP contribution < -0.4 is 0 Å². The normalized spacial score (nSPS) is 15.8. The van der Waals surface area contributed by atoms with Crippen LogP contribution in [-0.4, -0.2) is 34.5 Å². The van der Waals surface area contributed by atoms with Gasteiger partial charge in [0.2, 0.25) is 0 Å². The van der Waals surface area contributed by atoms with Crippen molar-refractivity contribution in [2.75, 3.05) is 7.11 Å². The molecule has 1 unspecified atom stereocenters. The summed E-state index contributed by atoms with van der Waals surface area (Å²) < 4.78 is 7.17. The lowest BCUT2D eigenvalue weighted by atomic mass is 9.93. The fourth-order valence-electron chi connectivity index (χ4n) is 4.06. The molecule has 0 spiro atoms. The van der Waals surface area contributed by atoms with Gasteiger partial charge >= 0.3 is 5.97 Å². The second kappa shape index (κ2) is 7.87. The molecule has 3 heterocycles. The quantitative estimate of drug-likeness (QED) is 0.614. The number of nitrogens with zero attached hydrogens (tertiary/aromatic N) is 2. The summed E-state index contributed by atoms with van der Waals surface area (Å²) in [4.78, 5) is 28.9. The highest BCUT2D eigenvalue weighted by Gasteiger charge is 2.36. The van der Waals surface area contributed by atoms with E-state index in [1.807, 2.05) is 50.2 Å². The molecule has 1 aromatic carbocycles. The van der Waals surface area contributed by atoms with Crippen molar-refractivity contribution >= 4 is 23.2 Å². The lowest BCUT2D eigenvalue weighted by Gasteiger charge is -2.35. The minimum atomic E-state index is -0.609.